The molecule has 1 unspecified atom stereocenters. The van der Waals surface area contributed by atoms with E-state index in [-0.39, 0.29) is 23.6 Å². The van der Waals surface area contributed by atoms with Crippen molar-refractivity contribution in [2.24, 2.45) is 0 Å². The van der Waals surface area contributed by atoms with Crippen LogP contribution in [0.3, 0.4) is 0 Å². The summed E-state index contributed by atoms with van der Waals surface area (Å²) in [5.74, 6) is 0.0514. The fraction of sp³-hybridized carbons (Fsp3) is 0.133. The van der Waals surface area contributed by atoms with E-state index in [1.165, 1.54) is 0 Å². The van der Waals surface area contributed by atoms with Crippen molar-refractivity contribution in [2.75, 3.05) is 6.61 Å². The van der Waals surface area contributed by atoms with Gasteiger partial charge >= 0.3 is 0 Å². The summed E-state index contributed by atoms with van der Waals surface area (Å²) >= 11 is 0. The van der Waals surface area contributed by atoms with Gasteiger partial charge in [-0.25, -0.2) is 0 Å². The van der Waals surface area contributed by atoms with E-state index in [0.717, 1.165) is 27.6 Å². The number of ether oxygens (including phenoxy) is 1. The Morgan fingerprint density at radius 2 is 1.46 bits per heavy atom. The van der Waals surface area contributed by atoms with Crippen molar-refractivity contribution in [3.8, 4) is 5.75 Å². The van der Waals surface area contributed by atoms with Crippen molar-refractivity contribution in [3.05, 3.63) is 119 Å². The van der Waals surface area contributed by atoms with Crippen molar-refractivity contribution in [1.82, 2.24) is 10.6 Å². The second kappa shape index (κ2) is 11.2. The first-order valence-electron chi connectivity index (χ1n) is 11.6. The number of hydrogen-bond donors (Lipinski definition) is 2. The van der Waals surface area contributed by atoms with E-state index in [4.69, 9.17) is 4.74 Å². The molecule has 4 aromatic rings. The van der Waals surface area contributed by atoms with Crippen LogP contribution in [0, 0.1) is 0 Å². The van der Waals surface area contributed by atoms with Crippen LogP contribution in [0.5, 0.6) is 5.75 Å². The van der Waals surface area contributed by atoms with Gasteiger partial charge in [-0.15, -0.1) is 0 Å². The molecule has 35 heavy (non-hydrogen) atoms. The molecule has 5 heteroatoms. The summed E-state index contributed by atoms with van der Waals surface area (Å²) < 4.78 is 5.78. The van der Waals surface area contributed by atoms with E-state index < -0.39 is 0 Å². The summed E-state index contributed by atoms with van der Waals surface area (Å²) in [6.07, 6.45) is 1.71. The number of amides is 2. The Morgan fingerprint density at radius 1 is 0.829 bits per heavy atom. The molecule has 0 aliphatic carbocycles. The van der Waals surface area contributed by atoms with Crippen LogP contribution in [0.1, 0.15) is 41.4 Å². The molecule has 4 rings (SSSR count). The van der Waals surface area contributed by atoms with Gasteiger partial charge in [-0.05, 0) is 54.6 Å². The molecule has 4 aromatic carbocycles. The highest BCUT2D eigenvalue weighted by molar-refractivity contribution is 6.07. The Balaban J connectivity index is 1.72. The Labute approximate surface area is 205 Å². The second-order valence-corrected chi connectivity index (χ2v) is 8.12. The summed E-state index contributed by atoms with van der Waals surface area (Å²) in [6, 6.07) is 29.9. The number of benzene rings is 4. The Hall–Kier alpha value is -4.38. The van der Waals surface area contributed by atoms with E-state index in [1.807, 2.05) is 86.6 Å². The first-order chi connectivity index (χ1) is 17.1. The molecule has 0 heterocycles. The summed E-state index contributed by atoms with van der Waals surface area (Å²) in [6.45, 7) is 4.41. The maximum Gasteiger partial charge on any atom is 0.268 e. The van der Waals surface area contributed by atoms with Gasteiger partial charge in [0.15, 0.2) is 0 Å². The minimum Gasteiger partial charge on any atom is -0.493 e. The predicted molar refractivity (Wildman–Crippen MR) is 140 cm³/mol. The van der Waals surface area contributed by atoms with E-state index in [9.17, 15) is 9.59 Å². The third-order valence-corrected chi connectivity index (χ3v) is 5.69. The standard InChI is InChI=1S/C30H28N2O3/c1-3-35-28-19-18-24(25-16-10-11-17-26(25)28)20-27(32-29(33)23-14-8-5-9-15-23)30(34)31-21(2)22-12-6-4-7-13-22/h4-21H,3H2,1-2H3,(H,31,34)(H,32,33). The third-order valence-electron chi connectivity index (χ3n) is 5.69. The van der Waals surface area contributed by atoms with Crippen LogP contribution in [0.15, 0.2) is 103 Å². The molecule has 0 aliphatic heterocycles. The maximum atomic E-state index is 13.4. The number of hydrogen-bond acceptors (Lipinski definition) is 3. The molecule has 1 atom stereocenters. The maximum absolute atomic E-state index is 13.4. The zero-order valence-corrected chi connectivity index (χ0v) is 19.8. The minimum absolute atomic E-state index is 0.163. The van der Waals surface area contributed by atoms with Gasteiger partial charge in [0.1, 0.15) is 11.4 Å². The summed E-state index contributed by atoms with van der Waals surface area (Å²) in [4.78, 5) is 26.3. The second-order valence-electron chi connectivity index (χ2n) is 8.12. The Morgan fingerprint density at radius 3 is 2.14 bits per heavy atom. The fourth-order valence-electron chi connectivity index (χ4n) is 3.90. The fourth-order valence-corrected chi connectivity index (χ4v) is 3.90. The van der Waals surface area contributed by atoms with E-state index in [2.05, 4.69) is 10.6 Å². The van der Waals surface area contributed by atoms with Crippen LogP contribution in [0.25, 0.3) is 16.8 Å². The zero-order chi connectivity index (χ0) is 24.6. The van der Waals surface area contributed by atoms with Crippen molar-refractivity contribution in [2.45, 2.75) is 19.9 Å². The molecule has 0 fully saturated rings. The van der Waals surface area contributed by atoms with Crippen LogP contribution < -0.4 is 15.4 Å². The molecule has 0 aliphatic rings. The predicted octanol–water partition coefficient (Wildman–Crippen LogP) is 5.89. The summed E-state index contributed by atoms with van der Waals surface area (Å²) in [5.41, 5.74) is 2.41. The van der Waals surface area contributed by atoms with Gasteiger partial charge in [0.25, 0.3) is 11.8 Å². The highest BCUT2D eigenvalue weighted by atomic mass is 16.5. The lowest BCUT2D eigenvalue weighted by Gasteiger charge is -2.17. The minimum atomic E-state index is -0.372. The Kier molecular flexibility index (Phi) is 7.58. The van der Waals surface area contributed by atoms with E-state index >= 15 is 0 Å². The molecule has 2 amide bonds. The smallest absolute Gasteiger partial charge is 0.268 e. The first-order valence-corrected chi connectivity index (χ1v) is 11.6. The summed E-state index contributed by atoms with van der Waals surface area (Å²) in [7, 11) is 0. The average Bonchev–Trinajstić information content (AvgIpc) is 2.90. The molecule has 0 radical (unpaired) electrons. The van der Waals surface area contributed by atoms with Crippen LogP contribution in [0.2, 0.25) is 0 Å². The quantitative estimate of drug-likeness (QED) is 0.320. The van der Waals surface area contributed by atoms with Crippen molar-refractivity contribution in [1.29, 1.82) is 0 Å². The number of carbonyl (C=O) groups excluding carboxylic acids is 2. The van der Waals surface area contributed by atoms with Gasteiger partial charge < -0.3 is 15.4 Å². The van der Waals surface area contributed by atoms with Gasteiger partial charge in [-0.1, -0.05) is 78.9 Å². The van der Waals surface area contributed by atoms with Crippen LogP contribution in [-0.2, 0) is 4.79 Å². The molecule has 2 N–H and O–H groups in total. The van der Waals surface area contributed by atoms with Gasteiger partial charge in [-0.2, -0.15) is 0 Å². The lowest BCUT2D eigenvalue weighted by molar-refractivity contribution is -0.118. The normalized spacial score (nSPS) is 12.1. The first kappa shape index (κ1) is 23.8. The van der Waals surface area contributed by atoms with Gasteiger partial charge in [0.2, 0.25) is 0 Å². The zero-order valence-electron chi connectivity index (χ0n) is 19.8. The van der Waals surface area contributed by atoms with E-state index in [0.29, 0.717) is 12.2 Å². The lowest BCUT2D eigenvalue weighted by atomic mass is 10.0. The van der Waals surface area contributed by atoms with Gasteiger partial charge in [-0.3, -0.25) is 9.59 Å². The number of fused-ring (bicyclic) bond motifs is 1. The molecule has 0 saturated carbocycles. The third kappa shape index (κ3) is 5.76. The molecule has 0 spiro atoms. The molecule has 0 bridgehead atoms. The molecule has 5 nitrogen and oxygen atoms in total. The van der Waals surface area contributed by atoms with Crippen LogP contribution in [0.4, 0.5) is 0 Å². The highest BCUT2D eigenvalue weighted by Crippen LogP contribution is 2.30. The summed E-state index contributed by atoms with van der Waals surface area (Å²) in [5, 5.41) is 7.69. The molecule has 0 saturated heterocycles. The molecular weight excluding hydrogens is 436 g/mol. The van der Waals surface area contributed by atoms with Crippen molar-refractivity contribution in [3.63, 3.8) is 0 Å². The number of carbonyl (C=O) groups is 2. The lowest BCUT2D eigenvalue weighted by Crippen LogP contribution is -2.36. The highest BCUT2D eigenvalue weighted by Gasteiger charge is 2.18. The Bertz CT molecular complexity index is 1350. The molecular formula is C30H28N2O3. The topological polar surface area (TPSA) is 67.4 Å². The number of nitrogens with one attached hydrogen (secondary N) is 2. The molecule has 176 valence electrons. The van der Waals surface area contributed by atoms with Crippen LogP contribution in [-0.4, -0.2) is 18.4 Å². The SMILES string of the molecule is CCOc1ccc(C=C(NC(=O)c2ccccc2)C(=O)NC(C)c2ccccc2)c2ccccc12. The van der Waals surface area contributed by atoms with Crippen molar-refractivity contribution >= 4 is 28.7 Å². The molecule has 0 aromatic heterocycles. The largest absolute Gasteiger partial charge is 0.493 e. The van der Waals surface area contributed by atoms with Gasteiger partial charge in [0, 0.05) is 10.9 Å². The van der Waals surface area contributed by atoms with E-state index in [1.54, 1.807) is 30.3 Å². The number of rotatable bonds is 8. The monoisotopic (exact) mass is 464 g/mol. The van der Waals surface area contributed by atoms with Gasteiger partial charge in [0.05, 0.1) is 12.6 Å². The average molecular weight is 465 g/mol. The van der Waals surface area contributed by atoms with Crippen molar-refractivity contribution < 1.29 is 14.3 Å². The van der Waals surface area contributed by atoms with Crippen LogP contribution >= 0.6 is 0 Å².